The van der Waals surface area contributed by atoms with Crippen LogP contribution in [0.2, 0.25) is 10.0 Å². The zero-order valence-electron chi connectivity index (χ0n) is 11.4. The maximum absolute atomic E-state index is 12.0. The number of carbonyl (C=O) groups excluding carboxylic acids is 1. The van der Waals surface area contributed by atoms with Crippen molar-refractivity contribution in [3.05, 3.63) is 39.7 Å². The first-order chi connectivity index (χ1) is 10.1. The van der Waals surface area contributed by atoms with Gasteiger partial charge >= 0.3 is 5.97 Å². The van der Waals surface area contributed by atoms with Gasteiger partial charge in [-0.25, -0.2) is 9.78 Å². The third-order valence-electron chi connectivity index (χ3n) is 3.24. The van der Waals surface area contributed by atoms with Gasteiger partial charge in [0.15, 0.2) is 0 Å². The number of halogens is 2. The second kappa shape index (κ2) is 5.70. The van der Waals surface area contributed by atoms with E-state index in [1.165, 1.54) is 0 Å². The van der Waals surface area contributed by atoms with E-state index >= 15 is 0 Å². The number of oxazole rings is 1. The van der Waals surface area contributed by atoms with E-state index in [4.69, 9.17) is 32.4 Å². The zero-order valence-corrected chi connectivity index (χ0v) is 12.9. The van der Waals surface area contributed by atoms with E-state index in [2.05, 4.69) is 4.98 Å². The molecule has 4 nitrogen and oxygen atoms in total. The molecule has 0 N–H and O–H groups in total. The minimum atomic E-state index is -0.490. The average Bonchev–Trinajstić information content (AvgIpc) is 3.21. The van der Waals surface area contributed by atoms with Crippen molar-refractivity contribution in [3.8, 4) is 11.5 Å². The lowest BCUT2D eigenvalue weighted by molar-refractivity contribution is 0.0489. The molecule has 21 heavy (non-hydrogen) atoms. The second-order valence-electron chi connectivity index (χ2n) is 4.85. The zero-order chi connectivity index (χ0) is 15.0. The van der Waals surface area contributed by atoms with Gasteiger partial charge in [0, 0.05) is 10.9 Å². The van der Waals surface area contributed by atoms with Gasteiger partial charge in [-0.1, -0.05) is 23.2 Å². The Morgan fingerprint density at radius 2 is 2.19 bits per heavy atom. The molecule has 6 heteroatoms. The molecule has 0 saturated heterocycles. The molecule has 110 valence electrons. The van der Waals surface area contributed by atoms with Crippen LogP contribution in [0.25, 0.3) is 11.5 Å². The maximum atomic E-state index is 12.0. The summed E-state index contributed by atoms with van der Waals surface area (Å²) >= 11 is 12.1. The molecule has 1 fully saturated rings. The number of ether oxygens (including phenoxy) is 1. The van der Waals surface area contributed by atoms with Crippen LogP contribution < -0.4 is 0 Å². The van der Waals surface area contributed by atoms with Crippen LogP contribution in [0.1, 0.15) is 41.9 Å². The van der Waals surface area contributed by atoms with Crippen LogP contribution in [0.5, 0.6) is 0 Å². The van der Waals surface area contributed by atoms with Gasteiger partial charge < -0.3 is 9.15 Å². The topological polar surface area (TPSA) is 52.3 Å². The lowest BCUT2D eigenvalue weighted by Crippen LogP contribution is -2.05. The highest BCUT2D eigenvalue weighted by atomic mass is 35.5. The predicted molar refractivity (Wildman–Crippen MR) is 79.9 cm³/mol. The summed E-state index contributed by atoms with van der Waals surface area (Å²) in [6.07, 6.45) is 2.00. The smallest absolute Gasteiger partial charge is 0.376 e. The fourth-order valence-corrected chi connectivity index (χ4v) is 2.46. The highest BCUT2D eigenvalue weighted by molar-refractivity contribution is 6.35. The molecule has 1 aromatic carbocycles. The summed E-state index contributed by atoms with van der Waals surface area (Å²) in [5.41, 5.74) is 1.22. The molecule has 0 atom stereocenters. The van der Waals surface area contributed by atoms with Gasteiger partial charge in [-0.2, -0.15) is 0 Å². The first kappa shape index (κ1) is 14.4. The van der Waals surface area contributed by atoms with E-state index in [9.17, 15) is 4.79 Å². The number of aromatic nitrogens is 1. The minimum absolute atomic E-state index is 0.172. The molecular formula is C15H13Cl2NO3. The van der Waals surface area contributed by atoms with Crippen molar-refractivity contribution in [2.24, 2.45) is 0 Å². The highest BCUT2D eigenvalue weighted by Crippen LogP contribution is 2.43. The first-order valence-electron chi connectivity index (χ1n) is 6.73. The Hall–Kier alpha value is -1.52. The summed E-state index contributed by atoms with van der Waals surface area (Å²) in [5, 5.41) is 0.997. The molecule has 2 aromatic rings. The van der Waals surface area contributed by atoms with Gasteiger partial charge in [-0.15, -0.1) is 0 Å². The van der Waals surface area contributed by atoms with Crippen molar-refractivity contribution in [1.29, 1.82) is 0 Å². The normalized spacial score (nSPS) is 14.2. The van der Waals surface area contributed by atoms with Crippen LogP contribution in [0.15, 0.2) is 22.6 Å². The summed E-state index contributed by atoms with van der Waals surface area (Å²) in [6, 6.07) is 5.02. The molecule has 1 saturated carbocycles. The third kappa shape index (κ3) is 2.92. The van der Waals surface area contributed by atoms with Gasteiger partial charge in [0.2, 0.25) is 11.7 Å². The molecule has 1 aliphatic carbocycles. The number of esters is 1. The third-order valence-corrected chi connectivity index (χ3v) is 3.80. The molecule has 1 aromatic heterocycles. The van der Waals surface area contributed by atoms with Crippen LogP contribution in [-0.2, 0) is 4.74 Å². The average molecular weight is 326 g/mol. The quantitative estimate of drug-likeness (QED) is 0.764. The number of hydrogen-bond acceptors (Lipinski definition) is 4. The Morgan fingerprint density at radius 1 is 1.43 bits per heavy atom. The molecule has 1 heterocycles. The number of carbonyl (C=O) groups is 1. The Balaban J connectivity index is 2.05. The van der Waals surface area contributed by atoms with Crippen LogP contribution in [-0.4, -0.2) is 17.6 Å². The van der Waals surface area contributed by atoms with Crippen molar-refractivity contribution < 1.29 is 13.9 Å². The number of benzene rings is 1. The van der Waals surface area contributed by atoms with Crippen LogP contribution in [0.4, 0.5) is 0 Å². The van der Waals surface area contributed by atoms with Crippen molar-refractivity contribution in [1.82, 2.24) is 4.98 Å². The van der Waals surface area contributed by atoms with Gasteiger partial charge in [-0.05, 0) is 38.0 Å². The molecule has 0 aliphatic heterocycles. The van der Waals surface area contributed by atoms with E-state index in [0.29, 0.717) is 27.2 Å². The predicted octanol–water partition coefficient (Wildman–Crippen LogP) is 4.70. The molecule has 0 amide bonds. The van der Waals surface area contributed by atoms with Crippen molar-refractivity contribution >= 4 is 29.2 Å². The SMILES string of the molecule is CCOC(=O)c1oc(-c2cc(Cl)ccc2Cl)nc1C1CC1. The summed E-state index contributed by atoms with van der Waals surface area (Å²) in [4.78, 5) is 16.4. The summed E-state index contributed by atoms with van der Waals surface area (Å²) in [6.45, 7) is 2.04. The second-order valence-corrected chi connectivity index (χ2v) is 5.70. The Morgan fingerprint density at radius 3 is 2.86 bits per heavy atom. The largest absolute Gasteiger partial charge is 0.460 e. The monoisotopic (exact) mass is 325 g/mol. The lowest BCUT2D eigenvalue weighted by Gasteiger charge is -2.00. The molecular weight excluding hydrogens is 313 g/mol. The van der Waals surface area contributed by atoms with E-state index in [0.717, 1.165) is 12.8 Å². The van der Waals surface area contributed by atoms with E-state index in [1.54, 1.807) is 25.1 Å². The first-order valence-corrected chi connectivity index (χ1v) is 7.49. The van der Waals surface area contributed by atoms with Crippen molar-refractivity contribution in [2.75, 3.05) is 6.61 Å². The Bertz CT molecular complexity index is 692. The number of nitrogens with zero attached hydrogens (tertiary/aromatic N) is 1. The van der Waals surface area contributed by atoms with Crippen molar-refractivity contribution in [2.45, 2.75) is 25.7 Å². The molecule has 0 bridgehead atoms. The van der Waals surface area contributed by atoms with Gasteiger partial charge in [-0.3, -0.25) is 0 Å². The summed E-state index contributed by atoms with van der Waals surface area (Å²) in [7, 11) is 0. The van der Waals surface area contributed by atoms with Gasteiger partial charge in [0.25, 0.3) is 0 Å². The lowest BCUT2D eigenvalue weighted by atomic mass is 10.2. The minimum Gasteiger partial charge on any atom is -0.460 e. The Labute approximate surface area is 132 Å². The molecule has 1 aliphatic rings. The highest BCUT2D eigenvalue weighted by Gasteiger charge is 2.34. The molecule has 3 rings (SSSR count). The van der Waals surface area contributed by atoms with Crippen LogP contribution in [0.3, 0.4) is 0 Å². The molecule has 0 radical (unpaired) electrons. The van der Waals surface area contributed by atoms with Crippen molar-refractivity contribution in [3.63, 3.8) is 0 Å². The van der Waals surface area contributed by atoms with Crippen LogP contribution >= 0.6 is 23.2 Å². The van der Waals surface area contributed by atoms with Crippen LogP contribution in [0, 0.1) is 0 Å². The standard InChI is InChI=1S/C15H13Cl2NO3/c1-2-20-15(19)13-12(8-3-4-8)18-14(21-13)10-7-9(16)5-6-11(10)17/h5-8H,2-4H2,1H3. The summed E-state index contributed by atoms with van der Waals surface area (Å²) in [5.74, 6) is 0.244. The summed E-state index contributed by atoms with van der Waals surface area (Å²) < 4.78 is 10.6. The number of hydrogen-bond donors (Lipinski definition) is 0. The van der Waals surface area contributed by atoms with Gasteiger partial charge in [0.1, 0.15) is 0 Å². The van der Waals surface area contributed by atoms with Gasteiger partial charge in [0.05, 0.1) is 22.9 Å². The molecule has 0 unspecified atom stereocenters. The number of rotatable bonds is 4. The fourth-order valence-electron chi connectivity index (χ4n) is 2.08. The molecule has 0 spiro atoms. The fraction of sp³-hybridized carbons (Fsp3) is 0.333. The van der Waals surface area contributed by atoms with E-state index < -0.39 is 5.97 Å². The Kier molecular flexibility index (Phi) is 3.91. The van der Waals surface area contributed by atoms with E-state index in [-0.39, 0.29) is 18.3 Å². The maximum Gasteiger partial charge on any atom is 0.376 e. The van der Waals surface area contributed by atoms with E-state index in [1.807, 2.05) is 0 Å².